The number of esters is 1. The average Bonchev–Trinajstić information content (AvgIpc) is 2.72. The van der Waals surface area contributed by atoms with Gasteiger partial charge in [-0.05, 0) is 55.2 Å². The van der Waals surface area contributed by atoms with E-state index in [0.717, 1.165) is 25.9 Å². The van der Waals surface area contributed by atoms with Crippen molar-refractivity contribution in [3.63, 3.8) is 0 Å². The van der Waals surface area contributed by atoms with E-state index in [1.807, 2.05) is 4.90 Å². The summed E-state index contributed by atoms with van der Waals surface area (Å²) in [6.07, 6.45) is 2.11. The molecule has 1 heterocycles. The zero-order valence-electron chi connectivity index (χ0n) is 16.2. The van der Waals surface area contributed by atoms with Gasteiger partial charge in [0.05, 0.1) is 10.5 Å². The number of halogens is 1. The van der Waals surface area contributed by atoms with Crippen LogP contribution in [0.3, 0.4) is 0 Å². The van der Waals surface area contributed by atoms with Gasteiger partial charge in [0.1, 0.15) is 24.7 Å². The Morgan fingerprint density at radius 3 is 2.69 bits per heavy atom. The minimum atomic E-state index is -0.619. The lowest BCUT2D eigenvalue weighted by Gasteiger charge is -2.32. The first-order chi connectivity index (χ1) is 13.9. The van der Waals surface area contributed by atoms with Crippen molar-refractivity contribution in [2.75, 3.05) is 31.2 Å². The Labute approximate surface area is 174 Å². The van der Waals surface area contributed by atoms with Gasteiger partial charge in [-0.2, -0.15) is 0 Å². The molecule has 0 unspecified atom stereocenters. The number of nitro groups is 1. The van der Waals surface area contributed by atoms with Gasteiger partial charge in [0.25, 0.3) is 5.69 Å². The number of nitrogens with zero attached hydrogens (tertiary/aromatic N) is 2. The average molecular weight is 419 g/mol. The van der Waals surface area contributed by atoms with Gasteiger partial charge in [0.15, 0.2) is 0 Å². The molecule has 8 heteroatoms. The zero-order valence-corrected chi connectivity index (χ0v) is 16.9. The van der Waals surface area contributed by atoms with Crippen LogP contribution in [0.5, 0.6) is 5.75 Å². The van der Waals surface area contributed by atoms with Gasteiger partial charge in [-0.3, -0.25) is 10.1 Å². The Balaban J connectivity index is 1.60. The maximum Gasteiger partial charge on any atom is 0.338 e. The summed E-state index contributed by atoms with van der Waals surface area (Å²) in [4.78, 5) is 25.4. The van der Waals surface area contributed by atoms with Crippen LogP contribution in [0.25, 0.3) is 0 Å². The topological polar surface area (TPSA) is 81.9 Å². The Kier molecular flexibility index (Phi) is 6.93. The second-order valence-electron chi connectivity index (χ2n) is 7.09. The molecule has 0 aromatic heterocycles. The zero-order chi connectivity index (χ0) is 20.8. The van der Waals surface area contributed by atoms with Gasteiger partial charge >= 0.3 is 5.97 Å². The van der Waals surface area contributed by atoms with Gasteiger partial charge in [0, 0.05) is 24.2 Å². The summed E-state index contributed by atoms with van der Waals surface area (Å²) in [7, 11) is 0. The molecule has 0 N–H and O–H groups in total. The normalized spacial score (nSPS) is 16.3. The van der Waals surface area contributed by atoms with Crippen molar-refractivity contribution in [3.05, 3.63) is 63.2 Å². The molecule has 0 spiro atoms. The molecule has 1 aliphatic heterocycles. The highest BCUT2D eigenvalue weighted by molar-refractivity contribution is 6.30. The first kappa shape index (κ1) is 20.9. The Morgan fingerprint density at radius 2 is 2.00 bits per heavy atom. The molecule has 29 heavy (non-hydrogen) atoms. The molecule has 3 rings (SSSR count). The lowest BCUT2D eigenvalue weighted by atomic mass is 9.99. The monoisotopic (exact) mass is 418 g/mol. The second-order valence-corrected chi connectivity index (χ2v) is 7.53. The van der Waals surface area contributed by atoms with Crippen LogP contribution in [0.1, 0.15) is 30.1 Å². The maximum absolute atomic E-state index is 12.3. The second kappa shape index (κ2) is 9.60. The fourth-order valence-electron chi connectivity index (χ4n) is 3.38. The number of carbonyl (C=O) groups is 1. The number of piperidine rings is 1. The highest BCUT2D eigenvalue weighted by Gasteiger charge is 2.25. The lowest BCUT2D eigenvalue weighted by molar-refractivity contribution is -0.384. The molecular weight excluding hydrogens is 396 g/mol. The molecule has 0 bridgehead atoms. The molecular formula is C21H23ClN2O5. The third-order valence-electron chi connectivity index (χ3n) is 4.80. The van der Waals surface area contributed by atoms with Crippen LogP contribution in [0.15, 0.2) is 42.5 Å². The fraction of sp³-hybridized carbons (Fsp3) is 0.381. The van der Waals surface area contributed by atoms with Crippen molar-refractivity contribution in [3.8, 4) is 5.75 Å². The fourth-order valence-corrected chi connectivity index (χ4v) is 3.51. The Bertz CT molecular complexity index is 872. The van der Waals surface area contributed by atoms with Crippen LogP contribution in [-0.2, 0) is 4.74 Å². The summed E-state index contributed by atoms with van der Waals surface area (Å²) >= 11 is 5.81. The highest BCUT2D eigenvalue weighted by Crippen LogP contribution is 2.32. The molecule has 1 atom stereocenters. The first-order valence-corrected chi connectivity index (χ1v) is 9.90. The quantitative estimate of drug-likeness (QED) is 0.280. The molecule has 7 nitrogen and oxygen atoms in total. The summed E-state index contributed by atoms with van der Waals surface area (Å²) in [6.45, 7) is 3.87. The molecule has 0 radical (unpaired) electrons. The molecule has 2 aromatic rings. The van der Waals surface area contributed by atoms with Crippen molar-refractivity contribution in [2.24, 2.45) is 5.92 Å². The van der Waals surface area contributed by atoms with Gasteiger partial charge < -0.3 is 14.4 Å². The molecule has 0 saturated carbocycles. The molecule has 0 aliphatic carbocycles. The van der Waals surface area contributed by atoms with Gasteiger partial charge in [0.2, 0.25) is 0 Å². The number of nitro benzene ring substituents is 1. The highest BCUT2D eigenvalue weighted by atomic mass is 35.5. The minimum absolute atomic E-state index is 0.0284. The van der Waals surface area contributed by atoms with Gasteiger partial charge in [-0.15, -0.1) is 0 Å². The van der Waals surface area contributed by atoms with Crippen LogP contribution < -0.4 is 9.64 Å². The summed E-state index contributed by atoms with van der Waals surface area (Å²) in [5, 5.41) is 12.2. The van der Waals surface area contributed by atoms with E-state index in [1.165, 1.54) is 6.07 Å². The predicted molar refractivity (Wildman–Crippen MR) is 111 cm³/mol. The first-order valence-electron chi connectivity index (χ1n) is 9.53. The third kappa shape index (κ3) is 5.60. The van der Waals surface area contributed by atoms with E-state index in [1.54, 1.807) is 36.4 Å². The Hall–Kier alpha value is -2.80. The van der Waals surface area contributed by atoms with Gasteiger partial charge in [-0.25, -0.2) is 4.79 Å². The molecule has 1 aliphatic rings. The summed E-state index contributed by atoms with van der Waals surface area (Å²) in [6, 6.07) is 11.3. The van der Waals surface area contributed by atoms with Crippen molar-refractivity contribution in [1.29, 1.82) is 0 Å². The van der Waals surface area contributed by atoms with Crippen LogP contribution in [0, 0.1) is 16.0 Å². The number of hydrogen-bond donors (Lipinski definition) is 0. The molecule has 2 aromatic carbocycles. The lowest BCUT2D eigenvalue weighted by Crippen LogP contribution is -2.34. The third-order valence-corrected chi connectivity index (χ3v) is 5.06. The van der Waals surface area contributed by atoms with Crippen molar-refractivity contribution in [2.45, 2.75) is 19.8 Å². The summed E-state index contributed by atoms with van der Waals surface area (Å²) in [5.74, 6) is 0.473. The van der Waals surface area contributed by atoms with E-state index in [0.29, 0.717) is 22.4 Å². The van der Waals surface area contributed by atoms with E-state index in [-0.39, 0.29) is 24.5 Å². The van der Waals surface area contributed by atoms with Crippen LogP contribution in [0.4, 0.5) is 11.4 Å². The standard InChI is InChI=1S/C21H23ClN2O5/c1-15-3-2-10-23(14-15)19-9-4-16(13-20(19)24(26)27)21(25)29-12-11-28-18-7-5-17(22)6-8-18/h4-9,13,15H,2-3,10-12,14H2,1H3/t15-/m0/s1. The largest absolute Gasteiger partial charge is 0.490 e. The van der Waals surface area contributed by atoms with E-state index in [2.05, 4.69) is 6.92 Å². The predicted octanol–water partition coefficient (Wildman–Crippen LogP) is 4.72. The van der Waals surface area contributed by atoms with E-state index < -0.39 is 10.9 Å². The molecule has 154 valence electrons. The number of benzene rings is 2. The van der Waals surface area contributed by atoms with Crippen LogP contribution >= 0.6 is 11.6 Å². The van der Waals surface area contributed by atoms with Crippen molar-refractivity contribution in [1.82, 2.24) is 0 Å². The van der Waals surface area contributed by atoms with Crippen LogP contribution in [0.2, 0.25) is 5.02 Å². The molecule has 0 amide bonds. The summed E-state index contributed by atoms with van der Waals surface area (Å²) < 4.78 is 10.7. The number of ether oxygens (including phenoxy) is 2. The van der Waals surface area contributed by atoms with Crippen molar-refractivity contribution >= 4 is 28.9 Å². The number of hydrogen-bond acceptors (Lipinski definition) is 6. The smallest absolute Gasteiger partial charge is 0.338 e. The van der Waals surface area contributed by atoms with Crippen molar-refractivity contribution < 1.29 is 19.2 Å². The van der Waals surface area contributed by atoms with Crippen LogP contribution in [-0.4, -0.2) is 37.2 Å². The number of anilines is 1. The number of carbonyl (C=O) groups excluding carboxylic acids is 1. The number of rotatable bonds is 7. The Morgan fingerprint density at radius 1 is 1.24 bits per heavy atom. The molecule has 1 saturated heterocycles. The SMILES string of the molecule is C[C@H]1CCCN(c2ccc(C(=O)OCCOc3ccc(Cl)cc3)cc2[N+](=O)[O-])C1. The van der Waals surface area contributed by atoms with E-state index >= 15 is 0 Å². The maximum atomic E-state index is 12.3. The van der Waals surface area contributed by atoms with E-state index in [9.17, 15) is 14.9 Å². The van der Waals surface area contributed by atoms with Gasteiger partial charge in [-0.1, -0.05) is 18.5 Å². The van der Waals surface area contributed by atoms with E-state index in [4.69, 9.17) is 21.1 Å². The summed E-state index contributed by atoms with van der Waals surface area (Å²) in [5.41, 5.74) is 0.618. The minimum Gasteiger partial charge on any atom is -0.490 e. The molecule has 1 fully saturated rings.